The molecule has 0 radical (unpaired) electrons. The molecule has 0 amide bonds. The number of hydrogen-bond acceptors (Lipinski definition) is 3. The molecular weight excluding hydrogens is 294 g/mol. The van der Waals surface area contributed by atoms with Crippen LogP contribution in [0, 0.1) is 0 Å². The molecule has 18 heavy (non-hydrogen) atoms. The molecule has 0 bridgehead atoms. The maximum atomic E-state index is 5.95. The summed E-state index contributed by atoms with van der Waals surface area (Å²) >= 11 is 3.45. The standard InChI is InChI=1S/C14H20BrNO2/c1-3-7-16-12-9-13(14(12)17-2)18-11-6-4-5-10(15)8-11/h4-6,8,12-14,16H,3,7,9H2,1-2H3. The van der Waals surface area contributed by atoms with Gasteiger partial charge in [-0.05, 0) is 31.2 Å². The third-order valence-electron chi connectivity index (χ3n) is 3.26. The molecule has 0 aliphatic heterocycles. The molecule has 1 fully saturated rings. The van der Waals surface area contributed by atoms with Crippen LogP contribution in [0.2, 0.25) is 0 Å². The van der Waals surface area contributed by atoms with Crippen LogP contribution in [0.5, 0.6) is 5.75 Å². The molecule has 1 aromatic rings. The zero-order valence-electron chi connectivity index (χ0n) is 10.9. The lowest BCUT2D eigenvalue weighted by Crippen LogP contribution is -2.61. The third kappa shape index (κ3) is 3.25. The topological polar surface area (TPSA) is 30.5 Å². The van der Waals surface area contributed by atoms with Crippen molar-refractivity contribution >= 4 is 15.9 Å². The lowest BCUT2D eigenvalue weighted by Gasteiger charge is -2.43. The van der Waals surface area contributed by atoms with E-state index in [0.717, 1.165) is 29.6 Å². The maximum Gasteiger partial charge on any atom is 0.128 e. The van der Waals surface area contributed by atoms with E-state index in [1.54, 1.807) is 7.11 Å². The quantitative estimate of drug-likeness (QED) is 0.876. The van der Waals surface area contributed by atoms with E-state index < -0.39 is 0 Å². The Kier molecular flexibility index (Phi) is 5.03. The SMILES string of the molecule is CCCNC1CC(Oc2cccc(Br)c2)C1OC. The van der Waals surface area contributed by atoms with E-state index in [-0.39, 0.29) is 12.2 Å². The van der Waals surface area contributed by atoms with Gasteiger partial charge in [-0.15, -0.1) is 0 Å². The van der Waals surface area contributed by atoms with Crippen LogP contribution in [0.15, 0.2) is 28.7 Å². The first-order valence-corrected chi connectivity index (χ1v) is 7.22. The zero-order valence-corrected chi connectivity index (χ0v) is 12.4. The van der Waals surface area contributed by atoms with Gasteiger partial charge in [0.1, 0.15) is 18.0 Å². The Morgan fingerprint density at radius 1 is 1.44 bits per heavy atom. The van der Waals surface area contributed by atoms with E-state index in [9.17, 15) is 0 Å². The average Bonchev–Trinajstić information content (AvgIpc) is 2.33. The smallest absolute Gasteiger partial charge is 0.128 e. The van der Waals surface area contributed by atoms with Crippen molar-refractivity contribution in [3.05, 3.63) is 28.7 Å². The fourth-order valence-corrected chi connectivity index (χ4v) is 2.64. The predicted molar refractivity (Wildman–Crippen MR) is 76.1 cm³/mol. The maximum absolute atomic E-state index is 5.95. The summed E-state index contributed by atoms with van der Waals surface area (Å²) in [6, 6.07) is 8.36. The van der Waals surface area contributed by atoms with Crippen molar-refractivity contribution in [2.75, 3.05) is 13.7 Å². The Bertz CT molecular complexity index is 386. The van der Waals surface area contributed by atoms with E-state index in [4.69, 9.17) is 9.47 Å². The Morgan fingerprint density at radius 2 is 2.28 bits per heavy atom. The van der Waals surface area contributed by atoms with Gasteiger partial charge in [0.2, 0.25) is 0 Å². The first-order chi connectivity index (χ1) is 8.74. The number of ether oxygens (including phenoxy) is 2. The molecule has 1 saturated carbocycles. The van der Waals surface area contributed by atoms with E-state index in [2.05, 4.69) is 28.2 Å². The van der Waals surface area contributed by atoms with Gasteiger partial charge in [0.05, 0.1) is 0 Å². The highest BCUT2D eigenvalue weighted by Gasteiger charge is 2.42. The van der Waals surface area contributed by atoms with Crippen LogP contribution in [0.25, 0.3) is 0 Å². The van der Waals surface area contributed by atoms with E-state index in [1.165, 1.54) is 0 Å². The molecule has 2 rings (SSSR count). The Balaban J connectivity index is 1.88. The summed E-state index contributed by atoms with van der Waals surface area (Å²) in [4.78, 5) is 0. The van der Waals surface area contributed by atoms with Gasteiger partial charge in [-0.2, -0.15) is 0 Å². The molecule has 0 heterocycles. The summed E-state index contributed by atoms with van der Waals surface area (Å²) in [6.07, 6.45) is 2.45. The minimum absolute atomic E-state index is 0.149. The molecule has 0 aromatic heterocycles. The minimum Gasteiger partial charge on any atom is -0.488 e. The number of benzene rings is 1. The lowest BCUT2D eigenvalue weighted by atomic mass is 9.85. The molecule has 1 aromatic carbocycles. The summed E-state index contributed by atoms with van der Waals surface area (Å²) < 4.78 is 12.5. The fraction of sp³-hybridized carbons (Fsp3) is 0.571. The van der Waals surface area contributed by atoms with Crippen molar-refractivity contribution in [3.63, 3.8) is 0 Å². The summed E-state index contributed by atoms with van der Waals surface area (Å²) in [5.41, 5.74) is 0. The Morgan fingerprint density at radius 3 is 2.94 bits per heavy atom. The highest BCUT2D eigenvalue weighted by atomic mass is 79.9. The summed E-state index contributed by atoms with van der Waals surface area (Å²) in [6.45, 7) is 3.21. The lowest BCUT2D eigenvalue weighted by molar-refractivity contribution is -0.0887. The van der Waals surface area contributed by atoms with Crippen LogP contribution in [0.3, 0.4) is 0 Å². The first kappa shape index (κ1) is 13.8. The van der Waals surface area contributed by atoms with Crippen molar-refractivity contribution in [1.82, 2.24) is 5.32 Å². The molecule has 3 atom stereocenters. The van der Waals surface area contributed by atoms with Gasteiger partial charge in [0.25, 0.3) is 0 Å². The van der Waals surface area contributed by atoms with E-state index in [1.807, 2.05) is 24.3 Å². The van der Waals surface area contributed by atoms with Gasteiger partial charge in [0, 0.05) is 24.0 Å². The van der Waals surface area contributed by atoms with Crippen molar-refractivity contribution in [1.29, 1.82) is 0 Å². The predicted octanol–water partition coefficient (Wildman–Crippen LogP) is 2.98. The van der Waals surface area contributed by atoms with Crippen molar-refractivity contribution < 1.29 is 9.47 Å². The van der Waals surface area contributed by atoms with Gasteiger partial charge >= 0.3 is 0 Å². The zero-order chi connectivity index (χ0) is 13.0. The minimum atomic E-state index is 0.149. The molecule has 4 heteroatoms. The van der Waals surface area contributed by atoms with Crippen molar-refractivity contribution in [2.24, 2.45) is 0 Å². The normalized spacial score (nSPS) is 26.7. The average molecular weight is 314 g/mol. The van der Waals surface area contributed by atoms with Gasteiger partial charge in [0.15, 0.2) is 0 Å². The highest BCUT2D eigenvalue weighted by molar-refractivity contribution is 9.10. The molecule has 1 aliphatic carbocycles. The third-order valence-corrected chi connectivity index (χ3v) is 3.75. The summed E-state index contributed by atoms with van der Waals surface area (Å²) in [5.74, 6) is 0.894. The van der Waals surface area contributed by atoms with Crippen molar-refractivity contribution in [2.45, 2.75) is 38.0 Å². The molecule has 0 spiro atoms. The second-order valence-corrected chi connectivity index (χ2v) is 5.53. The summed E-state index contributed by atoms with van der Waals surface area (Å²) in [7, 11) is 1.75. The largest absolute Gasteiger partial charge is 0.488 e. The van der Waals surface area contributed by atoms with Crippen LogP contribution in [0.4, 0.5) is 0 Å². The van der Waals surface area contributed by atoms with Crippen molar-refractivity contribution in [3.8, 4) is 5.75 Å². The molecule has 1 aliphatic rings. The highest BCUT2D eigenvalue weighted by Crippen LogP contribution is 2.29. The van der Waals surface area contributed by atoms with Crippen LogP contribution >= 0.6 is 15.9 Å². The molecular formula is C14H20BrNO2. The van der Waals surface area contributed by atoms with Gasteiger partial charge in [-0.25, -0.2) is 0 Å². The van der Waals surface area contributed by atoms with Crippen LogP contribution in [-0.2, 0) is 4.74 Å². The molecule has 0 saturated heterocycles. The second kappa shape index (κ2) is 6.55. The number of nitrogens with one attached hydrogen (secondary N) is 1. The number of methoxy groups -OCH3 is 1. The van der Waals surface area contributed by atoms with E-state index in [0.29, 0.717) is 6.04 Å². The molecule has 3 nitrogen and oxygen atoms in total. The second-order valence-electron chi connectivity index (χ2n) is 4.61. The van der Waals surface area contributed by atoms with Crippen LogP contribution in [0.1, 0.15) is 19.8 Å². The molecule has 3 unspecified atom stereocenters. The molecule has 1 N–H and O–H groups in total. The fourth-order valence-electron chi connectivity index (χ4n) is 2.26. The molecule has 100 valence electrons. The summed E-state index contributed by atoms with van der Waals surface area (Å²) in [5, 5.41) is 3.48. The van der Waals surface area contributed by atoms with Gasteiger partial charge in [-0.3, -0.25) is 0 Å². The number of rotatable bonds is 6. The Labute approximate surface area is 117 Å². The number of halogens is 1. The first-order valence-electron chi connectivity index (χ1n) is 6.43. The van der Waals surface area contributed by atoms with Crippen LogP contribution < -0.4 is 10.1 Å². The van der Waals surface area contributed by atoms with Gasteiger partial charge in [-0.1, -0.05) is 28.9 Å². The Hall–Kier alpha value is -0.580. The van der Waals surface area contributed by atoms with Crippen LogP contribution in [-0.4, -0.2) is 31.9 Å². The monoisotopic (exact) mass is 313 g/mol. The van der Waals surface area contributed by atoms with E-state index >= 15 is 0 Å². The number of hydrogen-bond donors (Lipinski definition) is 1. The van der Waals surface area contributed by atoms with Gasteiger partial charge < -0.3 is 14.8 Å².